The standard InChI is InChI=1S/C25H24N2O4/c1-15-21-10-9-20(30-3)13-22(21)23(24(28)27-15)12-17-11-18(14-26-25(17)31-4)16-5-7-19(29-2)8-6-16/h5-11,13-14H,12H2,1-4H3,(H,27,28). The van der Waals surface area contributed by atoms with Crippen LogP contribution in [0.25, 0.3) is 21.9 Å². The van der Waals surface area contributed by atoms with Gasteiger partial charge in [-0.1, -0.05) is 12.1 Å². The highest BCUT2D eigenvalue weighted by Gasteiger charge is 2.15. The number of H-pyrrole nitrogens is 1. The van der Waals surface area contributed by atoms with Crippen LogP contribution in [0.15, 0.2) is 59.5 Å². The fraction of sp³-hybridized carbons (Fsp3) is 0.200. The number of aromatic nitrogens is 2. The van der Waals surface area contributed by atoms with Gasteiger partial charge in [0.05, 0.1) is 21.3 Å². The zero-order chi connectivity index (χ0) is 22.0. The number of ether oxygens (including phenoxy) is 3. The summed E-state index contributed by atoms with van der Waals surface area (Å²) in [4.78, 5) is 20.4. The van der Waals surface area contributed by atoms with Gasteiger partial charge in [-0.3, -0.25) is 4.79 Å². The van der Waals surface area contributed by atoms with Crippen molar-refractivity contribution in [3.8, 4) is 28.5 Å². The lowest BCUT2D eigenvalue weighted by atomic mass is 9.97. The van der Waals surface area contributed by atoms with Crippen LogP contribution in [0.2, 0.25) is 0 Å². The largest absolute Gasteiger partial charge is 0.497 e. The minimum atomic E-state index is -0.129. The Labute approximate surface area is 180 Å². The van der Waals surface area contributed by atoms with E-state index in [0.717, 1.165) is 38.9 Å². The maximum Gasteiger partial charge on any atom is 0.252 e. The van der Waals surface area contributed by atoms with E-state index in [9.17, 15) is 4.79 Å². The third-order valence-electron chi connectivity index (χ3n) is 5.44. The van der Waals surface area contributed by atoms with E-state index in [4.69, 9.17) is 14.2 Å². The summed E-state index contributed by atoms with van der Waals surface area (Å²) in [6.07, 6.45) is 2.14. The maximum atomic E-state index is 12.9. The molecule has 158 valence electrons. The zero-order valence-electron chi connectivity index (χ0n) is 18.0. The highest BCUT2D eigenvalue weighted by atomic mass is 16.5. The molecule has 0 saturated heterocycles. The lowest BCUT2D eigenvalue weighted by molar-refractivity contribution is 0.393. The van der Waals surface area contributed by atoms with Gasteiger partial charge in [0, 0.05) is 40.4 Å². The second-order valence-electron chi connectivity index (χ2n) is 7.27. The monoisotopic (exact) mass is 416 g/mol. The molecule has 0 bridgehead atoms. The normalized spacial score (nSPS) is 10.8. The average molecular weight is 416 g/mol. The second kappa shape index (κ2) is 8.52. The molecule has 6 nitrogen and oxygen atoms in total. The molecule has 0 aliphatic rings. The predicted molar refractivity (Wildman–Crippen MR) is 121 cm³/mol. The van der Waals surface area contributed by atoms with Crippen LogP contribution in [-0.4, -0.2) is 31.3 Å². The van der Waals surface area contributed by atoms with E-state index in [0.29, 0.717) is 23.6 Å². The molecule has 4 rings (SSSR count). The van der Waals surface area contributed by atoms with Gasteiger partial charge in [0.2, 0.25) is 5.88 Å². The van der Waals surface area contributed by atoms with Crippen LogP contribution < -0.4 is 19.8 Å². The van der Waals surface area contributed by atoms with Gasteiger partial charge in [-0.2, -0.15) is 0 Å². The summed E-state index contributed by atoms with van der Waals surface area (Å²) in [5.74, 6) is 1.99. The van der Waals surface area contributed by atoms with Crippen molar-refractivity contribution in [1.29, 1.82) is 0 Å². The van der Waals surface area contributed by atoms with Crippen LogP contribution >= 0.6 is 0 Å². The molecule has 2 aromatic carbocycles. The van der Waals surface area contributed by atoms with E-state index in [-0.39, 0.29) is 5.56 Å². The van der Waals surface area contributed by atoms with Crippen molar-refractivity contribution in [2.75, 3.05) is 21.3 Å². The van der Waals surface area contributed by atoms with Crippen molar-refractivity contribution in [3.63, 3.8) is 0 Å². The Bertz CT molecular complexity index is 1290. The number of nitrogens with zero attached hydrogens (tertiary/aromatic N) is 1. The number of pyridine rings is 2. The number of aryl methyl sites for hydroxylation is 1. The molecule has 0 unspecified atom stereocenters. The van der Waals surface area contributed by atoms with Gasteiger partial charge in [-0.15, -0.1) is 0 Å². The molecule has 0 radical (unpaired) electrons. The molecule has 0 spiro atoms. The smallest absolute Gasteiger partial charge is 0.252 e. The number of methoxy groups -OCH3 is 3. The van der Waals surface area contributed by atoms with Crippen molar-refractivity contribution >= 4 is 10.8 Å². The van der Waals surface area contributed by atoms with E-state index in [1.807, 2.05) is 55.5 Å². The van der Waals surface area contributed by atoms with Gasteiger partial charge < -0.3 is 19.2 Å². The molecule has 0 aliphatic heterocycles. The Morgan fingerprint density at radius 3 is 2.23 bits per heavy atom. The van der Waals surface area contributed by atoms with Gasteiger partial charge >= 0.3 is 0 Å². The summed E-state index contributed by atoms with van der Waals surface area (Å²) in [6.45, 7) is 1.90. The topological polar surface area (TPSA) is 73.4 Å². The van der Waals surface area contributed by atoms with Crippen LogP contribution in [0.4, 0.5) is 0 Å². The summed E-state index contributed by atoms with van der Waals surface area (Å²) in [6, 6.07) is 15.5. The second-order valence-corrected chi connectivity index (χ2v) is 7.27. The number of hydrogen-bond acceptors (Lipinski definition) is 5. The van der Waals surface area contributed by atoms with Crippen LogP contribution in [0, 0.1) is 6.92 Å². The van der Waals surface area contributed by atoms with Crippen LogP contribution in [0.1, 0.15) is 16.8 Å². The van der Waals surface area contributed by atoms with Gasteiger partial charge in [0.15, 0.2) is 0 Å². The van der Waals surface area contributed by atoms with Crippen LogP contribution in [-0.2, 0) is 6.42 Å². The SMILES string of the molecule is COc1ccc(-c2cnc(OC)c(Cc3c(=O)[nH]c(C)c4ccc(OC)cc34)c2)cc1. The van der Waals surface area contributed by atoms with Crippen molar-refractivity contribution in [2.24, 2.45) is 0 Å². The van der Waals surface area contributed by atoms with Gasteiger partial charge in [-0.25, -0.2) is 4.98 Å². The summed E-state index contributed by atoms with van der Waals surface area (Å²) in [5.41, 5.74) is 4.10. The molecule has 1 N–H and O–H groups in total. The van der Waals surface area contributed by atoms with E-state index in [1.165, 1.54) is 0 Å². The Morgan fingerprint density at radius 2 is 1.55 bits per heavy atom. The van der Waals surface area contributed by atoms with E-state index < -0.39 is 0 Å². The number of nitrogens with one attached hydrogen (secondary N) is 1. The summed E-state index contributed by atoms with van der Waals surface area (Å²) in [5, 5.41) is 1.84. The first-order chi connectivity index (χ1) is 15.0. The molecule has 4 aromatic rings. The molecular formula is C25H24N2O4. The van der Waals surface area contributed by atoms with Crippen molar-refractivity contribution in [2.45, 2.75) is 13.3 Å². The number of fused-ring (bicyclic) bond motifs is 1. The summed E-state index contributed by atoms with van der Waals surface area (Å²) >= 11 is 0. The maximum absolute atomic E-state index is 12.9. The third-order valence-corrected chi connectivity index (χ3v) is 5.44. The first-order valence-corrected chi connectivity index (χ1v) is 9.91. The molecule has 2 aromatic heterocycles. The number of hydrogen-bond donors (Lipinski definition) is 1. The first kappa shape index (κ1) is 20.5. The highest BCUT2D eigenvalue weighted by molar-refractivity contribution is 5.88. The first-order valence-electron chi connectivity index (χ1n) is 9.91. The Morgan fingerprint density at radius 1 is 0.839 bits per heavy atom. The van der Waals surface area contributed by atoms with Crippen molar-refractivity contribution in [1.82, 2.24) is 9.97 Å². The van der Waals surface area contributed by atoms with E-state index in [1.54, 1.807) is 27.5 Å². The molecule has 0 saturated carbocycles. The Kier molecular flexibility index (Phi) is 5.62. The van der Waals surface area contributed by atoms with Crippen LogP contribution in [0.5, 0.6) is 17.4 Å². The van der Waals surface area contributed by atoms with Crippen LogP contribution in [0.3, 0.4) is 0 Å². The van der Waals surface area contributed by atoms with E-state index >= 15 is 0 Å². The number of aromatic amines is 1. The number of benzene rings is 2. The highest BCUT2D eigenvalue weighted by Crippen LogP contribution is 2.30. The molecular weight excluding hydrogens is 392 g/mol. The minimum absolute atomic E-state index is 0.129. The van der Waals surface area contributed by atoms with Gasteiger partial charge in [0.1, 0.15) is 11.5 Å². The Hall–Kier alpha value is -3.80. The molecule has 0 fully saturated rings. The Balaban J connectivity index is 1.83. The molecule has 0 atom stereocenters. The molecule has 0 aliphatic carbocycles. The predicted octanol–water partition coefficient (Wildman–Crippen LogP) is 4.52. The lowest BCUT2D eigenvalue weighted by Crippen LogP contribution is -2.15. The fourth-order valence-corrected chi connectivity index (χ4v) is 3.78. The molecule has 6 heteroatoms. The summed E-state index contributed by atoms with van der Waals surface area (Å²) < 4.78 is 16.1. The minimum Gasteiger partial charge on any atom is -0.497 e. The zero-order valence-corrected chi connectivity index (χ0v) is 18.0. The third kappa shape index (κ3) is 3.97. The van der Waals surface area contributed by atoms with Gasteiger partial charge in [0.25, 0.3) is 5.56 Å². The molecule has 2 heterocycles. The van der Waals surface area contributed by atoms with Gasteiger partial charge in [-0.05, 0) is 54.3 Å². The van der Waals surface area contributed by atoms with Crippen molar-refractivity contribution in [3.05, 3.63) is 81.9 Å². The summed E-state index contributed by atoms with van der Waals surface area (Å²) in [7, 11) is 4.84. The number of rotatable bonds is 6. The molecule has 31 heavy (non-hydrogen) atoms. The quantitative estimate of drug-likeness (QED) is 0.500. The fourth-order valence-electron chi connectivity index (χ4n) is 3.78. The van der Waals surface area contributed by atoms with E-state index in [2.05, 4.69) is 9.97 Å². The average Bonchev–Trinajstić information content (AvgIpc) is 2.81. The lowest BCUT2D eigenvalue weighted by Gasteiger charge is -2.13. The molecule has 0 amide bonds. The van der Waals surface area contributed by atoms with Crippen molar-refractivity contribution < 1.29 is 14.2 Å².